The molecule has 1 aliphatic rings. The summed E-state index contributed by atoms with van der Waals surface area (Å²) in [5.41, 5.74) is 0.735. The second kappa shape index (κ2) is 8.28. The molecule has 3 aromatic carbocycles. The van der Waals surface area contributed by atoms with Gasteiger partial charge in [0, 0.05) is 17.5 Å². The first-order valence-corrected chi connectivity index (χ1v) is 11.0. The number of para-hydroxylation sites is 1. The topological polar surface area (TPSA) is 72.9 Å². The number of alkyl halides is 3. The van der Waals surface area contributed by atoms with Crippen molar-refractivity contribution in [2.24, 2.45) is 0 Å². The lowest BCUT2D eigenvalue weighted by atomic mass is 10.1. The minimum atomic E-state index is -4.84. The molecule has 1 heterocycles. The third-order valence-corrected chi connectivity index (χ3v) is 6.67. The minimum Gasteiger partial charge on any atom is -0.497 e. The highest BCUT2D eigenvalue weighted by Gasteiger charge is 2.36. The molecule has 0 radical (unpaired) electrons. The Bertz CT molecular complexity index is 1330. The number of benzene rings is 3. The Morgan fingerprint density at radius 1 is 0.879 bits per heavy atom. The summed E-state index contributed by atoms with van der Waals surface area (Å²) < 4.78 is 72.9. The Labute approximate surface area is 187 Å². The van der Waals surface area contributed by atoms with Crippen LogP contribution >= 0.6 is 0 Å². The number of ketones is 1. The maximum Gasteiger partial charge on any atom is 0.573 e. The molecule has 0 saturated heterocycles. The average Bonchev–Trinajstić information content (AvgIpc) is 2.79. The summed E-state index contributed by atoms with van der Waals surface area (Å²) in [5.74, 6) is -0.656. The van der Waals surface area contributed by atoms with E-state index in [1.807, 2.05) is 0 Å². The van der Waals surface area contributed by atoms with E-state index in [1.165, 1.54) is 72.8 Å². The highest BCUT2D eigenvalue weighted by molar-refractivity contribution is 7.96. The highest BCUT2D eigenvalue weighted by Crippen LogP contribution is 2.40. The van der Waals surface area contributed by atoms with E-state index >= 15 is 0 Å². The van der Waals surface area contributed by atoms with Crippen molar-refractivity contribution in [3.8, 4) is 11.5 Å². The summed E-state index contributed by atoms with van der Waals surface area (Å²) in [5, 5.41) is 0. The predicted octanol–water partition coefficient (Wildman–Crippen LogP) is 5.24. The highest BCUT2D eigenvalue weighted by atomic mass is 32.2. The minimum absolute atomic E-state index is 0.0972. The standard InChI is InChI=1S/C23H16F3NO5S/c1-31-17-10-6-15(7-11-17)22(28)21-14-27(19-4-2-3-5-20(19)33(21,29)30)16-8-12-18(13-9-16)32-23(24,25)26/h2-14H,1H3. The maximum atomic E-state index is 13.2. The number of hydrogen-bond donors (Lipinski definition) is 0. The molecule has 0 aromatic heterocycles. The molecule has 0 amide bonds. The number of fused-ring (bicyclic) bond motifs is 1. The third kappa shape index (κ3) is 4.42. The summed E-state index contributed by atoms with van der Waals surface area (Å²) in [6.07, 6.45) is -3.67. The van der Waals surface area contributed by atoms with Crippen LogP contribution in [0.15, 0.2) is 88.8 Å². The largest absolute Gasteiger partial charge is 0.573 e. The number of ether oxygens (including phenoxy) is 2. The first kappa shape index (κ1) is 22.4. The van der Waals surface area contributed by atoms with Crippen LogP contribution in [0, 0.1) is 0 Å². The lowest BCUT2D eigenvalue weighted by Gasteiger charge is -2.29. The van der Waals surface area contributed by atoms with E-state index in [0.717, 1.165) is 12.1 Å². The van der Waals surface area contributed by atoms with Gasteiger partial charge in [-0.15, -0.1) is 13.2 Å². The van der Waals surface area contributed by atoms with Gasteiger partial charge in [0.25, 0.3) is 0 Å². The van der Waals surface area contributed by atoms with Crippen molar-refractivity contribution in [1.29, 1.82) is 0 Å². The van der Waals surface area contributed by atoms with Gasteiger partial charge in [0.05, 0.1) is 17.7 Å². The lowest BCUT2D eigenvalue weighted by molar-refractivity contribution is -0.274. The van der Waals surface area contributed by atoms with Crippen molar-refractivity contribution in [3.63, 3.8) is 0 Å². The second-order valence-corrected chi connectivity index (χ2v) is 8.82. The second-order valence-electron chi connectivity index (χ2n) is 6.93. The van der Waals surface area contributed by atoms with Crippen molar-refractivity contribution < 1.29 is 35.9 Å². The summed E-state index contributed by atoms with van der Waals surface area (Å²) in [4.78, 5) is 14.0. The van der Waals surface area contributed by atoms with Gasteiger partial charge in [0.1, 0.15) is 16.4 Å². The molecular formula is C23H16F3NO5S. The number of rotatable bonds is 5. The molecule has 33 heavy (non-hydrogen) atoms. The number of hydrogen-bond acceptors (Lipinski definition) is 6. The fourth-order valence-corrected chi connectivity index (χ4v) is 4.89. The summed E-state index contributed by atoms with van der Waals surface area (Å²) in [6.45, 7) is 0. The summed E-state index contributed by atoms with van der Waals surface area (Å²) in [6, 6.07) is 16.9. The Kier molecular flexibility index (Phi) is 5.62. The van der Waals surface area contributed by atoms with E-state index in [2.05, 4.69) is 4.74 Å². The molecule has 4 rings (SSSR count). The van der Waals surface area contributed by atoms with Crippen molar-refractivity contribution in [1.82, 2.24) is 0 Å². The number of methoxy groups -OCH3 is 1. The smallest absolute Gasteiger partial charge is 0.497 e. The fourth-order valence-electron chi connectivity index (χ4n) is 3.35. The number of Topliss-reactive ketones (excluding diaryl/α,β-unsaturated/α-hetero) is 1. The molecule has 10 heteroatoms. The van der Waals surface area contributed by atoms with E-state index in [-0.39, 0.29) is 16.1 Å². The Hall–Kier alpha value is -3.79. The zero-order chi connectivity index (χ0) is 23.8. The number of nitrogens with zero attached hydrogens (tertiary/aromatic N) is 1. The van der Waals surface area contributed by atoms with E-state index in [1.54, 1.807) is 6.07 Å². The first-order valence-electron chi connectivity index (χ1n) is 9.50. The van der Waals surface area contributed by atoms with Crippen LogP contribution in [0.5, 0.6) is 11.5 Å². The van der Waals surface area contributed by atoms with Gasteiger partial charge >= 0.3 is 6.36 Å². The number of allylic oxidation sites excluding steroid dienone is 1. The number of carbonyl (C=O) groups is 1. The fraction of sp³-hybridized carbons (Fsp3) is 0.0870. The molecule has 170 valence electrons. The molecule has 0 atom stereocenters. The van der Waals surface area contributed by atoms with Gasteiger partial charge in [0.2, 0.25) is 15.6 Å². The zero-order valence-electron chi connectivity index (χ0n) is 17.0. The lowest BCUT2D eigenvalue weighted by Crippen LogP contribution is -2.25. The van der Waals surface area contributed by atoms with Gasteiger partial charge in [-0.2, -0.15) is 0 Å². The molecule has 0 unspecified atom stereocenters. The molecule has 0 fully saturated rings. The third-order valence-electron chi connectivity index (χ3n) is 4.87. The van der Waals surface area contributed by atoms with Crippen molar-refractivity contribution in [3.05, 3.63) is 89.5 Å². The van der Waals surface area contributed by atoms with Gasteiger partial charge in [-0.05, 0) is 60.7 Å². The molecule has 6 nitrogen and oxygen atoms in total. The van der Waals surface area contributed by atoms with Gasteiger partial charge in [-0.25, -0.2) is 8.42 Å². The molecule has 0 N–H and O–H groups in total. The molecule has 3 aromatic rings. The summed E-state index contributed by atoms with van der Waals surface area (Å²) >= 11 is 0. The van der Waals surface area contributed by atoms with Gasteiger partial charge < -0.3 is 14.4 Å². The Balaban J connectivity index is 1.79. The molecule has 0 aliphatic carbocycles. The van der Waals surface area contributed by atoms with E-state index in [9.17, 15) is 26.4 Å². The van der Waals surface area contributed by atoms with Crippen molar-refractivity contribution >= 4 is 27.0 Å². The van der Waals surface area contributed by atoms with E-state index in [0.29, 0.717) is 11.4 Å². The van der Waals surface area contributed by atoms with Crippen molar-refractivity contribution in [2.75, 3.05) is 12.0 Å². The van der Waals surface area contributed by atoms with Crippen molar-refractivity contribution in [2.45, 2.75) is 11.3 Å². The van der Waals surface area contributed by atoms with Crippen LogP contribution in [-0.4, -0.2) is 27.7 Å². The molecular weight excluding hydrogens is 459 g/mol. The Morgan fingerprint density at radius 3 is 2.09 bits per heavy atom. The number of anilines is 2. The van der Waals surface area contributed by atoms with Crippen LogP contribution in [0.3, 0.4) is 0 Å². The molecule has 0 bridgehead atoms. The number of halogens is 3. The van der Waals surface area contributed by atoms with E-state index in [4.69, 9.17) is 4.74 Å². The van der Waals surface area contributed by atoms with Gasteiger partial charge in [-0.1, -0.05) is 12.1 Å². The monoisotopic (exact) mass is 475 g/mol. The Morgan fingerprint density at radius 2 is 1.48 bits per heavy atom. The SMILES string of the molecule is COc1ccc(C(=O)C2=CN(c3ccc(OC(F)(F)F)cc3)c3ccccc3S2(=O)=O)cc1. The van der Waals surface area contributed by atoms with Crippen LogP contribution in [0.4, 0.5) is 24.5 Å². The average molecular weight is 475 g/mol. The molecule has 1 aliphatic heterocycles. The van der Waals surface area contributed by atoms with Crippen LogP contribution in [-0.2, 0) is 9.84 Å². The van der Waals surface area contributed by atoms with E-state index < -0.39 is 32.6 Å². The maximum absolute atomic E-state index is 13.2. The number of carbonyl (C=O) groups excluding carboxylic acids is 1. The zero-order valence-corrected chi connectivity index (χ0v) is 17.9. The van der Waals surface area contributed by atoms with Gasteiger partial charge in [-0.3, -0.25) is 4.79 Å². The predicted molar refractivity (Wildman–Crippen MR) is 114 cm³/mol. The first-order chi connectivity index (χ1) is 15.6. The van der Waals surface area contributed by atoms with Crippen LogP contribution < -0.4 is 14.4 Å². The number of sulfone groups is 1. The normalized spacial score (nSPS) is 14.8. The van der Waals surface area contributed by atoms with Crippen LogP contribution in [0.2, 0.25) is 0 Å². The quantitative estimate of drug-likeness (QED) is 0.470. The summed E-state index contributed by atoms with van der Waals surface area (Å²) in [7, 11) is -2.69. The van der Waals surface area contributed by atoms with Crippen LogP contribution in [0.25, 0.3) is 0 Å². The molecule has 0 saturated carbocycles. The van der Waals surface area contributed by atoms with Crippen LogP contribution in [0.1, 0.15) is 10.4 Å². The van der Waals surface area contributed by atoms with Gasteiger partial charge in [0.15, 0.2) is 0 Å². The molecule has 0 spiro atoms.